The molecule has 0 radical (unpaired) electrons. The summed E-state index contributed by atoms with van der Waals surface area (Å²) in [4.78, 5) is 31.3. The highest BCUT2D eigenvalue weighted by Gasteiger charge is 2.41. The number of amides is 2. The Labute approximate surface area is 186 Å². The fourth-order valence-electron chi connectivity index (χ4n) is 5.22. The van der Waals surface area contributed by atoms with Crippen LogP contribution in [0.25, 0.3) is 32.8 Å². The molecule has 1 aromatic heterocycles. The van der Waals surface area contributed by atoms with Gasteiger partial charge in [-0.2, -0.15) is 0 Å². The van der Waals surface area contributed by atoms with Crippen molar-refractivity contribution in [3.8, 4) is 11.1 Å². The quantitative estimate of drug-likeness (QED) is 0.524. The van der Waals surface area contributed by atoms with E-state index in [4.69, 9.17) is 4.98 Å². The maximum Gasteiger partial charge on any atom is 0.253 e. The van der Waals surface area contributed by atoms with Gasteiger partial charge in [0.15, 0.2) is 0 Å². The first-order valence-corrected chi connectivity index (χ1v) is 11.0. The first-order valence-electron chi connectivity index (χ1n) is 11.0. The molecule has 3 aromatic carbocycles. The monoisotopic (exact) mass is 421 g/mol. The molecule has 2 amide bonds. The molecule has 0 aliphatic carbocycles. The van der Waals surface area contributed by atoms with E-state index >= 15 is 0 Å². The third-order valence-corrected chi connectivity index (χ3v) is 6.87. The summed E-state index contributed by atoms with van der Waals surface area (Å²) in [5.41, 5.74) is 5.05. The van der Waals surface area contributed by atoms with E-state index in [0.29, 0.717) is 25.1 Å². The van der Waals surface area contributed by atoms with Crippen LogP contribution in [0.5, 0.6) is 0 Å². The van der Waals surface area contributed by atoms with E-state index in [1.54, 1.807) is 0 Å². The molecule has 0 unspecified atom stereocenters. The highest BCUT2D eigenvalue weighted by atomic mass is 16.2. The number of pyridine rings is 1. The first kappa shape index (κ1) is 19.0. The third-order valence-electron chi connectivity index (χ3n) is 6.87. The Bertz CT molecular complexity index is 1390. The van der Waals surface area contributed by atoms with Crippen molar-refractivity contribution in [1.29, 1.82) is 0 Å². The standard InChI is InChI=1S/C27H23N3O2/c1-16-4-2-6-18-11-20(13-28-26(16)18)22-7-3-5-17-10-19(8-9-23(17)22)27(32)30-14-21-12-25(31)29-24(21)15-30/h2-11,13,21,24H,12,14-15H2,1H3,(H,29,31)/t21-,24+/m0/s1. The van der Waals surface area contributed by atoms with Crippen LogP contribution in [-0.4, -0.2) is 40.8 Å². The smallest absolute Gasteiger partial charge is 0.253 e. The van der Waals surface area contributed by atoms with Gasteiger partial charge in [0.2, 0.25) is 5.91 Å². The molecule has 6 rings (SSSR count). The molecule has 158 valence electrons. The van der Waals surface area contributed by atoms with Gasteiger partial charge in [0.1, 0.15) is 0 Å². The SMILES string of the molecule is Cc1cccc2cc(-c3cccc4cc(C(=O)N5C[C@@H]6CC(=O)N[C@@H]6C5)ccc34)cnc12. The average molecular weight is 422 g/mol. The largest absolute Gasteiger partial charge is 0.351 e. The van der Waals surface area contributed by atoms with Crippen molar-refractivity contribution in [1.82, 2.24) is 15.2 Å². The Kier molecular flexibility index (Phi) is 4.25. The van der Waals surface area contributed by atoms with Gasteiger partial charge >= 0.3 is 0 Å². The molecule has 5 heteroatoms. The molecule has 0 spiro atoms. The van der Waals surface area contributed by atoms with Crippen molar-refractivity contribution in [2.24, 2.45) is 5.92 Å². The predicted molar refractivity (Wildman–Crippen MR) is 125 cm³/mol. The second kappa shape index (κ2) is 7.16. The number of hydrogen-bond acceptors (Lipinski definition) is 3. The van der Waals surface area contributed by atoms with Gasteiger partial charge in [-0.3, -0.25) is 14.6 Å². The Morgan fingerprint density at radius 1 is 1.03 bits per heavy atom. The van der Waals surface area contributed by atoms with Crippen LogP contribution in [0.1, 0.15) is 22.3 Å². The van der Waals surface area contributed by atoms with Crippen LogP contribution in [0.15, 0.2) is 66.9 Å². The zero-order valence-electron chi connectivity index (χ0n) is 17.8. The maximum absolute atomic E-state index is 13.1. The molecule has 0 saturated carbocycles. The van der Waals surface area contributed by atoms with E-state index in [0.717, 1.165) is 32.8 Å². The first-order chi connectivity index (χ1) is 15.6. The minimum atomic E-state index is 0.0313. The van der Waals surface area contributed by atoms with Gasteiger partial charge in [-0.25, -0.2) is 0 Å². The molecule has 2 fully saturated rings. The molecule has 0 bridgehead atoms. The summed E-state index contributed by atoms with van der Waals surface area (Å²) in [7, 11) is 0. The number of carbonyl (C=O) groups excluding carboxylic acids is 2. The minimum absolute atomic E-state index is 0.0313. The lowest BCUT2D eigenvalue weighted by Crippen LogP contribution is -2.35. The Morgan fingerprint density at radius 3 is 2.75 bits per heavy atom. The van der Waals surface area contributed by atoms with Crippen molar-refractivity contribution in [2.45, 2.75) is 19.4 Å². The van der Waals surface area contributed by atoms with Crippen molar-refractivity contribution < 1.29 is 9.59 Å². The van der Waals surface area contributed by atoms with E-state index in [1.165, 1.54) is 5.56 Å². The van der Waals surface area contributed by atoms with Crippen molar-refractivity contribution in [2.75, 3.05) is 13.1 Å². The van der Waals surface area contributed by atoms with Crippen LogP contribution in [0, 0.1) is 12.8 Å². The van der Waals surface area contributed by atoms with Gasteiger partial charge in [0.25, 0.3) is 5.91 Å². The number of aromatic nitrogens is 1. The van der Waals surface area contributed by atoms with Crippen LogP contribution in [0.2, 0.25) is 0 Å². The molecule has 1 N–H and O–H groups in total. The summed E-state index contributed by atoms with van der Waals surface area (Å²) in [6.07, 6.45) is 2.45. The molecule has 2 aliphatic heterocycles. The lowest BCUT2D eigenvalue weighted by atomic mass is 9.96. The Balaban J connectivity index is 1.34. The van der Waals surface area contributed by atoms with Gasteiger partial charge in [0, 0.05) is 48.1 Å². The third kappa shape index (κ3) is 3.04. The van der Waals surface area contributed by atoms with Gasteiger partial charge < -0.3 is 10.2 Å². The number of fused-ring (bicyclic) bond motifs is 3. The number of carbonyl (C=O) groups is 2. The number of nitrogens with zero attached hydrogens (tertiary/aromatic N) is 2. The molecule has 32 heavy (non-hydrogen) atoms. The van der Waals surface area contributed by atoms with E-state index < -0.39 is 0 Å². The summed E-state index contributed by atoms with van der Waals surface area (Å²) < 4.78 is 0. The number of para-hydroxylation sites is 1. The fourth-order valence-corrected chi connectivity index (χ4v) is 5.22. The lowest BCUT2D eigenvalue weighted by molar-refractivity contribution is -0.119. The summed E-state index contributed by atoms with van der Waals surface area (Å²) in [6, 6.07) is 20.6. The Morgan fingerprint density at radius 2 is 1.88 bits per heavy atom. The molecule has 5 nitrogen and oxygen atoms in total. The highest BCUT2D eigenvalue weighted by Crippen LogP contribution is 2.32. The zero-order valence-corrected chi connectivity index (χ0v) is 17.8. The molecular formula is C27H23N3O2. The highest BCUT2D eigenvalue weighted by molar-refractivity contribution is 6.03. The number of rotatable bonds is 2. The predicted octanol–water partition coefficient (Wildman–Crippen LogP) is 4.32. The number of hydrogen-bond donors (Lipinski definition) is 1. The van der Waals surface area contributed by atoms with Crippen molar-refractivity contribution in [3.05, 3.63) is 78.0 Å². The van der Waals surface area contributed by atoms with Crippen LogP contribution in [-0.2, 0) is 4.79 Å². The molecule has 2 atom stereocenters. The van der Waals surface area contributed by atoms with Crippen molar-refractivity contribution >= 4 is 33.5 Å². The van der Waals surface area contributed by atoms with Gasteiger partial charge in [-0.15, -0.1) is 0 Å². The minimum Gasteiger partial charge on any atom is -0.351 e. The summed E-state index contributed by atoms with van der Waals surface area (Å²) in [5, 5.41) is 6.24. The van der Waals surface area contributed by atoms with E-state index in [1.807, 2.05) is 41.4 Å². The Hall–Kier alpha value is -3.73. The van der Waals surface area contributed by atoms with Gasteiger partial charge in [0.05, 0.1) is 11.6 Å². The van der Waals surface area contributed by atoms with Crippen LogP contribution >= 0.6 is 0 Å². The summed E-state index contributed by atoms with van der Waals surface area (Å²) in [5.74, 6) is 0.370. The molecule has 2 aliphatic rings. The molecule has 2 saturated heterocycles. The number of likely N-dealkylation sites (tertiary alicyclic amines) is 1. The van der Waals surface area contributed by atoms with E-state index in [2.05, 4.69) is 42.6 Å². The average Bonchev–Trinajstić information content (AvgIpc) is 3.35. The van der Waals surface area contributed by atoms with Gasteiger partial charge in [-0.05, 0) is 47.0 Å². The van der Waals surface area contributed by atoms with E-state index in [9.17, 15) is 9.59 Å². The molecular weight excluding hydrogens is 398 g/mol. The van der Waals surface area contributed by atoms with Gasteiger partial charge in [-0.1, -0.05) is 42.5 Å². The maximum atomic E-state index is 13.1. The summed E-state index contributed by atoms with van der Waals surface area (Å²) in [6.45, 7) is 3.31. The number of nitrogens with one attached hydrogen (secondary N) is 1. The molecule has 4 aromatic rings. The van der Waals surface area contributed by atoms with Crippen LogP contribution in [0.4, 0.5) is 0 Å². The summed E-state index contributed by atoms with van der Waals surface area (Å²) >= 11 is 0. The number of benzene rings is 3. The molecule has 3 heterocycles. The zero-order chi connectivity index (χ0) is 21.8. The number of aryl methyl sites for hydroxylation is 1. The lowest BCUT2D eigenvalue weighted by Gasteiger charge is -2.18. The van der Waals surface area contributed by atoms with Crippen LogP contribution < -0.4 is 5.32 Å². The van der Waals surface area contributed by atoms with Crippen LogP contribution in [0.3, 0.4) is 0 Å². The van der Waals surface area contributed by atoms with Crippen molar-refractivity contribution in [3.63, 3.8) is 0 Å². The topological polar surface area (TPSA) is 62.3 Å². The normalized spacial score (nSPS) is 20.0. The second-order valence-electron chi connectivity index (χ2n) is 8.96. The second-order valence-corrected chi connectivity index (χ2v) is 8.96. The fraction of sp³-hybridized carbons (Fsp3) is 0.222. The van der Waals surface area contributed by atoms with E-state index in [-0.39, 0.29) is 23.8 Å².